The molecule has 0 spiro atoms. The highest BCUT2D eigenvalue weighted by Gasteiger charge is 2.20. The molecule has 2 heterocycles. The number of pyridine rings is 2. The third kappa shape index (κ3) is 11.4. The Hall–Kier alpha value is -5.51. The molecule has 2 amide bonds. The van der Waals surface area contributed by atoms with Crippen LogP contribution >= 0.6 is 0 Å². The van der Waals surface area contributed by atoms with Crippen LogP contribution in [-0.2, 0) is 24.0 Å². The van der Waals surface area contributed by atoms with E-state index in [9.17, 15) is 39.3 Å². The molecule has 4 rings (SSSR count). The molecule has 47 heavy (non-hydrogen) atoms. The molecule has 0 unspecified atom stereocenters. The van der Waals surface area contributed by atoms with Gasteiger partial charge in [-0.2, -0.15) is 0 Å². The molecular formula is C32H35N7O8. The molecule has 0 saturated carbocycles. The van der Waals surface area contributed by atoms with Gasteiger partial charge in [0.2, 0.25) is 11.8 Å². The SMILES string of the molecule is O=C(O)CN(CCN(CC(=O)O)CC(=O)Nc1ccc2ncccc2c1)CCN(CC(=O)O)CC(=O)Nc1ccc2ncccc2c1. The summed E-state index contributed by atoms with van der Waals surface area (Å²) in [6.07, 6.45) is 3.31. The van der Waals surface area contributed by atoms with Crippen molar-refractivity contribution in [3.63, 3.8) is 0 Å². The van der Waals surface area contributed by atoms with Crippen molar-refractivity contribution in [1.82, 2.24) is 24.7 Å². The van der Waals surface area contributed by atoms with E-state index >= 15 is 0 Å². The van der Waals surface area contributed by atoms with E-state index in [1.165, 1.54) is 14.7 Å². The van der Waals surface area contributed by atoms with Gasteiger partial charge in [-0.05, 0) is 48.5 Å². The number of amides is 2. The van der Waals surface area contributed by atoms with Crippen LogP contribution in [0.4, 0.5) is 11.4 Å². The Morgan fingerprint density at radius 2 is 0.915 bits per heavy atom. The Kier molecular flexibility index (Phi) is 12.2. The van der Waals surface area contributed by atoms with Gasteiger partial charge in [-0.3, -0.25) is 48.6 Å². The van der Waals surface area contributed by atoms with Crippen molar-refractivity contribution in [2.45, 2.75) is 0 Å². The van der Waals surface area contributed by atoms with E-state index in [0.717, 1.165) is 21.8 Å². The summed E-state index contributed by atoms with van der Waals surface area (Å²) >= 11 is 0. The third-order valence-electron chi connectivity index (χ3n) is 7.05. The number of carbonyl (C=O) groups is 5. The van der Waals surface area contributed by atoms with Crippen LogP contribution in [0.25, 0.3) is 21.8 Å². The van der Waals surface area contributed by atoms with Crippen LogP contribution in [0.1, 0.15) is 0 Å². The largest absolute Gasteiger partial charge is 0.480 e. The molecule has 246 valence electrons. The van der Waals surface area contributed by atoms with Gasteiger partial charge < -0.3 is 26.0 Å². The van der Waals surface area contributed by atoms with Gasteiger partial charge in [-0.1, -0.05) is 12.1 Å². The van der Waals surface area contributed by atoms with E-state index in [0.29, 0.717) is 11.4 Å². The molecule has 0 fully saturated rings. The second-order valence-corrected chi connectivity index (χ2v) is 10.8. The number of benzene rings is 2. The summed E-state index contributed by atoms with van der Waals surface area (Å²) in [6, 6.07) is 17.6. The van der Waals surface area contributed by atoms with E-state index in [4.69, 9.17) is 0 Å². The zero-order valence-electron chi connectivity index (χ0n) is 25.4. The summed E-state index contributed by atoms with van der Waals surface area (Å²) in [4.78, 5) is 73.0. The quantitative estimate of drug-likeness (QED) is 0.104. The molecule has 0 aliphatic rings. The van der Waals surface area contributed by atoms with Gasteiger partial charge in [0.1, 0.15) is 0 Å². The molecule has 2 aromatic heterocycles. The van der Waals surface area contributed by atoms with Crippen molar-refractivity contribution in [3.05, 3.63) is 73.1 Å². The van der Waals surface area contributed by atoms with Crippen LogP contribution in [0.15, 0.2) is 73.1 Å². The number of nitrogens with zero attached hydrogens (tertiary/aromatic N) is 5. The van der Waals surface area contributed by atoms with Crippen LogP contribution in [-0.4, -0.2) is 129 Å². The second-order valence-electron chi connectivity index (χ2n) is 10.8. The predicted octanol–water partition coefficient (Wildman–Crippen LogP) is 1.52. The van der Waals surface area contributed by atoms with Crippen molar-refractivity contribution in [1.29, 1.82) is 0 Å². The first kappa shape index (κ1) is 34.4. The Bertz CT molecular complexity index is 1630. The van der Waals surface area contributed by atoms with Gasteiger partial charge in [0.25, 0.3) is 0 Å². The third-order valence-corrected chi connectivity index (χ3v) is 7.05. The number of nitrogens with one attached hydrogen (secondary N) is 2. The molecule has 0 bridgehead atoms. The normalized spacial score (nSPS) is 11.3. The van der Waals surface area contributed by atoms with Crippen molar-refractivity contribution < 1.29 is 39.3 Å². The lowest BCUT2D eigenvalue weighted by Gasteiger charge is -2.28. The number of hydrogen-bond acceptors (Lipinski definition) is 10. The molecule has 15 nitrogen and oxygen atoms in total. The molecule has 0 radical (unpaired) electrons. The minimum absolute atomic E-state index is 0.0326. The van der Waals surface area contributed by atoms with Gasteiger partial charge in [0, 0.05) is 60.7 Å². The second kappa shape index (κ2) is 16.7. The molecule has 0 atom stereocenters. The Labute approximate surface area is 269 Å². The monoisotopic (exact) mass is 645 g/mol. The van der Waals surface area contributed by atoms with E-state index in [1.807, 2.05) is 12.1 Å². The highest BCUT2D eigenvalue weighted by atomic mass is 16.4. The highest BCUT2D eigenvalue weighted by Crippen LogP contribution is 2.18. The first-order valence-corrected chi connectivity index (χ1v) is 14.7. The minimum atomic E-state index is -1.17. The molecule has 0 saturated heterocycles. The number of carboxylic acids is 3. The fourth-order valence-electron chi connectivity index (χ4n) is 4.95. The van der Waals surface area contributed by atoms with Crippen LogP contribution < -0.4 is 10.6 Å². The summed E-state index contributed by atoms with van der Waals surface area (Å²) in [5, 5.41) is 35.5. The molecule has 2 aromatic carbocycles. The van der Waals surface area contributed by atoms with Crippen molar-refractivity contribution in [2.24, 2.45) is 0 Å². The lowest BCUT2D eigenvalue weighted by molar-refractivity contribution is -0.140. The highest BCUT2D eigenvalue weighted by molar-refractivity contribution is 5.96. The summed E-state index contributed by atoms with van der Waals surface area (Å²) in [5.74, 6) is -4.39. The topological polar surface area (TPSA) is 206 Å². The number of hydrogen-bond donors (Lipinski definition) is 5. The zero-order valence-corrected chi connectivity index (χ0v) is 25.4. The molecule has 5 N–H and O–H groups in total. The van der Waals surface area contributed by atoms with E-state index in [2.05, 4.69) is 20.6 Å². The maximum absolute atomic E-state index is 12.8. The Morgan fingerprint density at radius 1 is 0.532 bits per heavy atom. The molecule has 15 heteroatoms. The maximum Gasteiger partial charge on any atom is 0.317 e. The van der Waals surface area contributed by atoms with Crippen molar-refractivity contribution >= 4 is 62.9 Å². The van der Waals surface area contributed by atoms with Crippen LogP contribution in [0.5, 0.6) is 0 Å². The maximum atomic E-state index is 12.8. The van der Waals surface area contributed by atoms with E-state index in [1.54, 1.807) is 60.9 Å². The van der Waals surface area contributed by atoms with Gasteiger partial charge in [-0.25, -0.2) is 0 Å². The Balaban J connectivity index is 1.34. The number of carboxylic acid groups (broad SMARTS) is 3. The fraction of sp³-hybridized carbons (Fsp3) is 0.281. The lowest BCUT2D eigenvalue weighted by Crippen LogP contribution is -2.46. The van der Waals surface area contributed by atoms with E-state index in [-0.39, 0.29) is 39.3 Å². The predicted molar refractivity (Wildman–Crippen MR) is 173 cm³/mol. The Morgan fingerprint density at radius 3 is 1.32 bits per heavy atom. The zero-order chi connectivity index (χ0) is 33.8. The number of aromatic nitrogens is 2. The molecular weight excluding hydrogens is 610 g/mol. The standard InChI is InChI=1S/C32H35N7O8/c40-28(35-24-5-7-26-22(15-24)3-1-9-33-26)17-38(20-31(44)45)13-11-37(19-30(42)43)12-14-39(21-32(46)47)18-29(41)36-25-6-8-27-23(16-25)4-2-10-34-27/h1-10,15-16H,11-14,17-21H2,(H,35,40)(H,36,41)(H,42,43)(H,44,45)(H,46,47). The number of aliphatic carboxylic acids is 3. The van der Waals surface area contributed by atoms with Crippen molar-refractivity contribution in [2.75, 3.05) is 69.5 Å². The number of anilines is 2. The first-order chi connectivity index (χ1) is 22.5. The summed E-state index contributed by atoms with van der Waals surface area (Å²) < 4.78 is 0. The average Bonchev–Trinajstić information content (AvgIpc) is 3.01. The number of fused-ring (bicyclic) bond motifs is 2. The average molecular weight is 646 g/mol. The van der Waals surface area contributed by atoms with Gasteiger partial charge >= 0.3 is 17.9 Å². The lowest BCUT2D eigenvalue weighted by atomic mass is 10.2. The minimum Gasteiger partial charge on any atom is -0.480 e. The fourth-order valence-corrected chi connectivity index (χ4v) is 4.95. The van der Waals surface area contributed by atoms with Crippen LogP contribution in [0.2, 0.25) is 0 Å². The summed E-state index contributed by atoms with van der Waals surface area (Å²) in [7, 11) is 0. The summed E-state index contributed by atoms with van der Waals surface area (Å²) in [5.41, 5.74) is 2.53. The van der Waals surface area contributed by atoms with E-state index < -0.39 is 49.4 Å². The van der Waals surface area contributed by atoms with Gasteiger partial charge in [0.15, 0.2) is 0 Å². The van der Waals surface area contributed by atoms with Gasteiger partial charge in [-0.15, -0.1) is 0 Å². The van der Waals surface area contributed by atoms with Crippen LogP contribution in [0, 0.1) is 0 Å². The van der Waals surface area contributed by atoms with Crippen LogP contribution in [0.3, 0.4) is 0 Å². The number of carbonyl (C=O) groups excluding carboxylic acids is 2. The molecule has 4 aromatic rings. The molecule has 0 aliphatic heterocycles. The van der Waals surface area contributed by atoms with Gasteiger partial charge in [0.05, 0.1) is 43.8 Å². The first-order valence-electron chi connectivity index (χ1n) is 14.7. The smallest absolute Gasteiger partial charge is 0.317 e. The summed E-state index contributed by atoms with van der Waals surface area (Å²) in [6.45, 7) is -1.70. The number of rotatable bonds is 18. The van der Waals surface area contributed by atoms with Crippen molar-refractivity contribution in [3.8, 4) is 0 Å². The molecule has 0 aliphatic carbocycles.